The fourth-order valence-electron chi connectivity index (χ4n) is 2.01. The summed E-state index contributed by atoms with van der Waals surface area (Å²) in [6.45, 7) is 3.09. The van der Waals surface area contributed by atoms with Crippen molar-refractivity contribution in [3.63, 3.8) is 0 Å². The van der Waals surface area contributed by atoms with E-state index in [1.165, 1.54) is 17.7 Å². The molecule has 1 saturated carbocycles. The molecule has 0 saturated heterocycles. The van der Waals surface area contributed by atoms with Gasteiger partial charge in [-0.1, -0.05) is 18.5 Å². The van der Waals surface area contributed by atoms with Gasteiger partial charge in [-0.3, -0.25) is 0 Å². The molecule has 0 aromatic carbocycles. The molecule has 1 atom stereocenters. The lowest BCUT2D eigenvalue weighted by Gasteiger charge is -2.27. The van der Waals surface area contributed by atoms with Gasteiger partial charge in [-0.05, 0) is 49.3 Å². The molecule has 1 aromatic heterocycles. The molecule has 0 aliphatic heterocycles. The van der Waals surface area contributed by atoms with Crippen molar-refractivity contribution in [1.82, 2.24) is 0 Å². The van der Waals surface area contributed by atoms with Crippen LogP contribution in [0, 0.1) is 11.3 Å². The van der Waals surface area contributed by atoms with Crippen LogP contribution in [0.5, 0.6) is 0 Å². The first-order chi connectivity index (χ1) is 6.64. The normalized spacial score (nSPS) is 20.8. The van der Waals surface area contributed by atoms with Gasteiger partial charge in [-0.25, -0.2) is 0 Å². The van der Waals surface area contributed by atoms with Gasteiger partial charge in [-0.2, -0.15) is 0 Å². The molecule has 1 unspecified atom stereocenters. The van der Waals surface area contributed by atoms with Gasteiger partial charge >= 0.3 is 0 Å². The lowest BCUT2D eigenvalue weighted by atomic mass is 9.81. The second kappa shape index (κ2) is 3.84. The minimum atomic E-state index is 0.300. The molecule has 1 aromatic rings. The van der Waals surface area contributed by atoms with E-state index in [-0.39, 0.29) is 0 Å². The Hall–Kier alpha value is -0.0500. The van der Waals surface area contributed by atoms with Crippen LogP contribution in [0.15, 0.2) is 12.1 Å². The van der Waals surface area contributed by atoms with E-state index in [0.29, 0.717) is 5.41 Å². The van der Waals surface area contributed by atoms with Crippen LogP contribution >= 0.6 is 22.9 Å². The summed E-state index contributed by atoms with van der Waals surface area (Å²) in [4.78, 5) is 1.37. The summed E-state index contributed by atoms with van der Waals surface area (Å²) >= 11 is 7.60. The van der Waals surface area contributed by atoms with Gasteiger partial charge in [0.1, 0.15) is 0 Å². The Bertz CT molecular complexity index is 319. The van der Waals surface area contributed by atoms with Crippen LogP contribution in [0.4, 0.5) is 0 Å². The van der Waals surface area contributed by atoms with E-state index in [2.05, 4.69) is 13.0 Å². The van der Waals surface area contributed by atoms with Gasteiger partial charge in [-0.15, -0.1) is 11.3 Å². The van der Waals surface area contributed by atoms with Crippen molar-refractivity contribution in [1.29, 1.82) is 0 Å². The lowest BCUT2D eigenvalue weighted by molar-refractivity contribution is 0.284. The summed E-state index contributed by atoms with van der Waals surface area (Å²) in [5, 5.41) is 0. The topological polar surface area (TPSA) is 26.0 Å². The van der Waals surface area contributed by atoms with Crippen molar-refractivity contribution in [2.45, 2.75) is 26.2 Å². The van der Waals surface area contributed by atoms with Crippen LogP contribution in [0.2, 0.25) is 4.34 Å². The summed E-state index contributed by atoms with van der Waals surface area (Å²) in [5.41, 5.74) is 6.17. The molecule has 1 heterocycles. The van der Waals surface area contributed by atoms with E-state index < -0.39 is 0 Å². The Labute approximate surface area is 94.3 Å². The van der Waals surface area contributed by atoms with E-state index in [1.54, 1.807) is 11.3 Å². The van der Waals surface area contributed by atoms with Crippen LogP contribution in [0.1, 0.15) is 24.6 Å². The summed E-state index contributed by atoms with van der Waals surface area (Å²) in [6, 6.07) is 4.11. The zero-order valence-corrected chi connectivity index (χ0v) is 10.00. The Morgan fingerprint density at radius 3 is 2.71 bits per heavy atom. The number of thiophene rings is 1. The highest BCUT2D eigenvalue weighted by molar-refractivity contribution is 7.16. The number of hydrogen-bond acceptors (Lipinski definition) is 2. The summed E-state index contributed by atoms with van der Waals surface area (Å²) in [6.07, 6.45) is 3.80. The Morgan fingerprint density at radius 1 is 1.57 bits per heavy atom. The highest BCUT2D eigenvalue weighted by Gasteiger charge is 2.40. The molecule has 0 spiro atoms. The second-order valence-electron chi connectivity index (χ2n) is 4.52. The van der Waals surface area contributed by atoms with Crippen molar-refractivity contribution in [3.05, 3.63) is 21.3 Å². The summed E-state index contributed by atoms with van der Waals surface area (Å²) < 4.78 is 0.884. The monoisotopic (exact) mass is 229 g/mol. The Morgan fingerprint density at radius 2 is 2.29 bits per heavy atom. The molecule has 78 valence electrons. The molecule has 2 N–H and O–H groups in total. The first-order valence-electron chi connectivity index (χ1n) is 5.08. The first-order valence-corrected chi connectivity index (χ1v) is 6.28. The van der Waals surface area contributed by atoms with Gasteiger partial charge in [0.25, 0.3) is 0 Å². The zero-order valence-electron chi connectivity index (χ0n) is 8.42. The van der Waals surface area contributed by atoms with Crippen molar-refractivity contribution in [2.75, 3.05) is 6.54 Å². The number of rotatable bonds is 4. The third-order valence-electron chi connectivity index (χ3n) is 3.24. The predicted octanol–water partition coefficient (Wildman–Crippen LogP) is 3.32. The van der Waals surface area contributed by atoms with Gasteiger partial charge in [0.2, 0.25) is 0 Å². The molecule has 14 heavy (non-hydrogen) atoms. The van der Waals surface area contributed by atoms with Crippen LogP contribution in [-0.4, -0.2) is 6.54 Å². The first kappa shape index (κ1) is 10.5. The summed E-state index contributed by atoms with van der Waals surface area (Å²) in [5.74, 6) is 0.841. The fourth-order valence-corrected chi connectivity index (χ4v) is 3.29. The van der Waals surface area contributed by atoms with Crippen molar-refractivity contribution < 1.29 is 0 Å². The summed E-state index contributed by atoms with van der Waals surface area (Å²) in [7, 11) is 0. The average molecular weight is 230 g/mol. The van der Waals surface area contributed by atoms with E-state index >= 15 is 0 Å². The van der Waals surface area contributed by atoms with E-state index in [9.17, 15) is 0 Å². The van der Waals surface area contributed by atoms with Gasteiger partial charge in [0.15, 0.2) is 0 Å². The third-order valence-corrected chi connectivity index (χ3v) is 4.47. The van der Waals surface area contributed by atoms with E-state index in [0.717, 1.165) is 23.2 Å². The Balaban J connectivity index is 2.07. The maximum atomic E-state index is 5.91. The molecule has 1 aliphatic rings. The molecule has 0 radical (unpaired) electrons. The second-order valence-corrected chi connectivity index (χ2v) is 6.31. The van der Waals surface area contributed by atoms with Gasteiger partial charge in [0.05, 0.1) is 4.34 Å². The van der Waals surface area contributed by atoms with Crippen molar-refractivity contribution in [3.8, 4) is 0 Å². The van der Waals surface area contributed by atoms with Gasteiger partial charge < -0.3 is 5.73 Å². The van der Waals surface area contributed by atoms with Gasteiger partial charge in [0, 0.05) is 4.88 Å². The fraction of sp³-hybridized carbons (Fsp3) is 0.636. The number of nitrogens with two attached hydrogens (primary N) is 1. The van der Waals surface area contributed by atoms with Crippen LogP contribution in [0.3, 0.4) is 0 Å². The molecule has 2 rings (SSSR count). The molecule has 0 amide bonds. The van der Waals surface area contributed by atoms with Crippen LogP contribution in [0.25, 0.3) is 0 Å². The number of hydrogen-bond donors (Lipinski definition) is 1. The molecule has 1 fully saturated rings. The molecule has 1 nitrogen and oxygen atoms in total. The van der Waals surface area contributed by atoms with Crippen molar-refractivity contribution in [2.24, 2.45) is 17.1 Å². The third kappa shape index (κ3) is 2.13. The highest BCUT2D eigenvalue weighted by Crippen LogP contribution is 2.47. The molecule has 1 aliphatic carbocycles. The van der Waals surface area contributed by atoms with E-state index in [4.69, 9.17) is 17.3 Å². The quantitative estimate of drug-likeness (QED) is 0.842. The maximum Gasteiger partial charge on any atom is 0.0931 e. The SMILES string of the molecule is CC(CN)(Cc1ccc(Cl)s1)C1CC1. The minimum Gasteiger partial charge on any atom is -0.330 e. The highest BCUT2D eigenvalue weighted by atomic mass is 35.5. The predicted molar refractivity (Wildman–Crippen MR) is 62.9 cm³/mol. The lowest BCUT2D eigenvalue weighted by Crippen LogP contribution is -2.31. The van der Waals surface area contributed by atoms with Crippen molar-refractivity contribution >= 4 is 22.9 Å². The standard InChI is InChI=1S/C11H16ClNS/c1-11(7-13,8-2-3-8)6-9-4-5-10(12)14-9/h4-5,8H,2-3,6-7,13H2,1H3. The molecule has 0 bridgehead atoms. The molecular formula is C11H16ClNS. The largest absolute Gasteiger partial charge is 0.330 e. The van der Waals surface area contributed by atoms with Crippen LogP contribution in [-0.2, 0) is 6.42 Å². The maximum absolute atomic E-state index is 5.91. The molecule has 3 heteroatoms. The zero-order chi connectivity index (χ0) is 10.2. The van der Waals surface area contributed by atoms with Crippen LogP contribution < -0.4 is 5.73 Å². The average Bonchev–Trinajstić information content (AvgIpc) is 2.93. The molecular weight excluding hydrogens is 214 g/mol. The van der Waals surface area contributed by atoms with E-state index in [1.807, 2.05) is 6.07 Å². The number of halogens is 1. The smallest absolute Gasteiger partial charge is 0.0931 e. The Kier molecular flexibility index (Phi) is 2.87. The minimum absolute atomic E-state index is 0.300.